The third-order valence-corrected chi connectivity index (χ3v) is 4.98. The van der Waals surface area contributed by atoms with Crippen LogP contribution in [-0.2, 0) is 4.79 Å². The number of nitrogens with zero attached hydrogens (tertiary/aromatic N) is 1. The number of rotatable bonds is 5. The molecule has 0 unspecified atom stereocenters. The highest BCUT2D eigenvalue weighted by molar-refractivity contribution is 5.81. The summed E-state index contributed by atoms with van der Waals surface area (Å²) >= 11 is 0. The molecule has 136 valence electrons. The van der Waals surface area contributed by atoms with Crippen molar-refractivity contribution in [1.82, 2.24) is 0 Å². The van der Waals surface area contributed by atoms with Crippen LogP contribution in [0.2, 0.25) is 0 Å². The zero-order chi connectivity index (χ0) is 18.4. The monoisotopic (exact) mass is 351 g/mol. The average Bonchev–Trinajstić information content (AvgIpc) is 2.68. The van der Waals surface area contributed by atoms with Gasteiger partial charge in [-0.05, 0) is 36.1 Å². The molecule has 1 aliphatic carbocycles. The van der Waals surface area contributed by atoms with Crippen LogP contribution in [0.5, 0.6) is 5.75 Å². The van der Waals surface area contributed by atoms with Gasteiger partial charge in [-0.3, -0.25) is 9.79 Å². The lowest BCUT2D eigenvalue weighted by molar-refractivity contribution is -0.147. The standard InChI is InChI=1S/C21H25N3O2/c22-20(23)24-15-21(13-5-2-6-14-21)19(25)26-18-11-9-17(10-12-18)16-7-3-1-4-8-16/h1,3-4,7-12H,2,5-6,13-15H2,(H4,22,23,24). The van der Waals surface area contributed by atoms with Crippen molar-refractivity contribution < 1.29 is 9.53 Å². The molecule has 0 aliphatic heterocycles. The molecule has 26 heavy (non-hydrogen) atoms. The summed E-state index contributed by atoms with van der Waals surface area (Å²) in [7, 11) is 0. The highest BCUT2D eigenvalue weighted by atomic mass is 16.5. The minimum atomic E-state index is -0.625. The molecule has 3 rings (SSSR count). The van der Waals surface area contributed by atoms with Crippen LogP contribution >= 0.6 is 0 Å². The fourth-order valence-corrected chi connectivity index (χ4v) is 3.46. The summed E-state index contributed by atoms with van der Waals surface area (Å²) in [6, 6.07) is 17.7. The van der Waals surface area contributed by atoms with Gasteiger partial charge in [-0.15, -0.1) is 0 Å². The molecule has 0 bridgehead atoms. The van der Waals surface area contributed by atoms with E-state index >= 15 is 0 Å². The van der Waals surface area contributed by atoms with Crippen molar-refractivity contribution in [1.29, 1.82) is 0 Å². The van der Waals surface area contributed by atoms with Crippen LogP contribution in [0.3, 0.4) is 0 Å². The summed E-state index contributed by atoms with van der Waals surface area (Å²) in [5.41, 5.74) is 12.5. The molecule has 0 radical (unpaired) electrons. The van der Waals surface area contributed by atoms with Crippen molar-refractivity contribution in [3.05, 3.63) is 54.6 Å². The van der Waals surface area contributed by atoms with Crippen LogP contribution < -0.4 is 16.2 Å². The summed E-state index contributed by atoms with van der Waals surface area (Å²) in [5.74, 6) is 0.314. The average molecular weight is 351 g/mol. The van der Waals surface area contributed by atoms with Crippen LogP contribution in [0.1, 0.15) is 32.1 Å². The highest BCUT2D eigenvalue weighted by Crippen LogP contribution is 2.38. The minimum absolute atomic E-state index is 0.00922. The Bertz CT molecular complexity index is 760. The van der Waals surface area contributed by atoms with E-state index in [2.05, 4.69) is 4.99 Å². The maximum absolute atomic E-state index is 12.9. The maximum atomic E-state index is 12.9. The smallest absolute Gasteiger partial charge is 0.319 e. The van der Waals surface area contributed by atoms with E-state index in [-0.39, 0.29) is 18.5 Å². The van der Waals surface area contributed by atoms with E-state index in [4.69, 9.17) is 16.2 Å². The van der Waals surface area contributed by atoms with Crippen molar-refractivity contribution in [2.75, 3.05) is 6.54 Å². The van der Waals surface area contributed by atoms with Gasteiger partial charge in [-0.25, -0.2) is 0 Å². The number of hydrogen-bond acceptors (Lipinski definition) is 3. The zero-order valence-corrected chi connectivity index (χ0v) is 14.9. The van der Waals surface area contributed by atoms with E-state index in [9.17, 15) is 4.79 Å². The molecule has 1 saturated carbocycles. The predicted molar refractivity (Wildman–Crippen MR) is 104 cm³/mol. The number of carbonyl (C=O) groups excluding carboxylic acids is 1. The van der Waals surface area contributed by atoms with Crippen LogP contribution in [-0.4, -0.2) is 18.5 Å². The van der Waals surface area contributed by atoms with Gasteiger partial charge in [0.15, 0.2) is 5.96 Å². The van der Waals surface area contributed by atoms with E-state index in [1.54, 1.807) is 0 Å². The summed E-state index contributed by atoms with van der Waals surface area (Å²) < 4.78 is 5.69. The van der Waals surface area contributed by atoms with Gasteiger partial charge in [0.2, 0.25) is 0 Å². The number of carbonyl (C=O) groups is 1. The lowest BCUT2D eigenvalue weighted by Crippen LogP contribution is -2.40. The maximum Gasteiger partial charge on any atom is 0.319 e. The molecule has 4 N–H and O–H groups in total. The molecule has 0 heterocycles. The number of benzene rings is 2. The van der Waals surface area contributed by atoms with Gasteiger partial charge in [0.1, 0.15) is 5.75 Å². The molecule has 2 aromatic rings. The topological polar surface area (TPSA) is 90.7 Å². The lowest BCUT2D eigenvalue weighted by Gasteiger charge is -2.33. The van der Waals surface area contributed by atoms with Gasteiger partial charge in [0, 0.05) is 0 Å². The largest absolute Gasteiger partial charge is 0.426 e. The molecule has 0 spiro atoms. The Morgan fingerprint density at radius 2 is 1.54 bits per heavy atom. The molecule has 2 aromatic carbocycles. The molecular weight excluding hydrogens is 326 g/mol. The second-order valence-corrected chi connectivity index (χ2v) is 6.86. The van der Waals surface area contributed by atoms with Gasteiger partial charge in [-0.2, -0.15) is 0 Å². The quantitative estimate of drug-likeness (QED) is 0.373. The Morgan fingerprint density at radius 1 is 0.923 bits per heavy atom. The van der Waals surface area contributed by atoms with Gasteiger partial charge in [0.05, 0.1) is 12.0 Å². The molecule has 5 heteroatoms. The van der Waals surface area contributed by atoms with Crippen LogP contribution in [0.15, 0.2) is 59.6 Å². The first-order valence-electron chi connectivity index (χ1n) is 9.02. The molecular formula is C21H25N3O2. The number of hydrogen-bond donors (Lipinski definition) is 2. The number of nitrogens with two attached hydrogens (primary N) is 2. The van der Waals surface area contributed by atoms with Crippen molar-refractivity contribution in [2.45, 2.75) is 32.1 Å². The summed E-state index contributed by atoms with van der Waals surface area (Å²) in [5, 5.41) is 0. The van der Waals surface area contributed by atoms with Gasteiger partial charge >= 0.3 is 5.97 Å². The summed E-state index contributed by atoms with van der Waals surface area (Å²) in [4.78, 5) is 17.0. The van der Waals surface area contributed by atoms with E-state index in [0.29, 0.717) is 5.75 Å². The third kappa shape index (κ3) is 4.23. The third-order valence-electron chi connectivity index (χ3n) is 4.98. The second-order valence-electron chi connectivity index (χ2n) is 6.86. The number of esters is 1. The molecule has 0 atom stereocenters. The molecule has 1 fully saturated rings. The first kappa shape index (κ1) is 18.0. The Balaban J connectivity index is 1.73. The van der Waals surface area contributed by atoms with Crippen molar-refractivity contribution in [3.63, 3.8) is 0 Å². The van der Waals surface area contributed by atoms with Crippen LogP contribution in [0.25, 0.3) is 11.1 Å². The Labute approximate surface area is 154 Å². The summed E-state index contributed by atoms with van der Waals surface area (Å²) in [6.07, 6.45) is 4.61. The minimum Gasteiger partial charge on any atom is -0.426 e. The molecule has 0 saturated heterocycles. The predicted octanol–water partition coefficient (Wildman–Crippen LogP) is 3.48. The zero-order valence-electron chi connectivity index (χ0n) is 14.9. The summed E-state index contributed by atoms with van der Waals surface area (Å²) in [6.45, 7) is 0.288. The molecule has 0 aromatic heterocycles. The molecule has 5 nitrogen and oxygen atoms in total. The Kier molecular flexibility index (Phi) is 5.56. The van der Waals surface area contributed by atoms with Crippen LogP contribution in [0.4, 0.5) is 0 Å². The van der Waals surface area contributed by atoms with Crippen molar-refractivity contribution >= 4 is 11.9 Å². The van der Waals surface area contributed by atoms with Crippen LogP contribution in [0, 0.1) is 5.41 Å². The van der Waals surface area contributed by atoms with Gasteiger partial charge < -0.3 is 16.2 Å². The van der Waals surface area contributed by atoms with E-state index in [0.717, 1.165) is 43.2 Å². The van der Waals surface area contributed by atoms with Crippen molar-refractivity contribution in [3.8, 4) is 16.9 Å². The van der Waals surface area contributed by atoms with Gasteiger partial charge in [-0.1, -0.05) is 61.7 Å². The Morgan fingerprint density at radius 3 is 2.15 bits per heavy atom. The van der Waals surface area contributed by atoms with Gasteiger partial charge in [0.25, 0.3) is 0 Å². The first-order chi connectivity index (χ1) is 12.6. The normalized spacial score (nSPS) is 15.8. The first-order valence-corrected chi connectivity index (χ1v) is 9.02. The number of guanidine groups is 1. The fourth-order valence-electron chi connectivity index (χ4n) is 3.46. The fraction of sp³-hybridized carbons (Fsp3) is 0.333. The lowest BCUT2D eigenvalue weighted by atomic mass is 9.74. The van der Waals surface area contributed by atoms with E-state index < -0.39 is 5.41 Å². The molecule has 0 amide bonds. The number of ether oxygens (including phenoxy) is 1. The molecule has 1 aliphatic rings. The number of aliphatic imine (C=N–C) groups is 1. The highest BCUT2D eigenvalue weighted by Gasteiger charge is 2.41. The van der Waals surface area contributed by atoms with E-state index in [1.807, 2.05) is 54.6 Å². The SMILES string of the molecule is NC(N)=NCC1(C(=O)Oc2ccc(-c3ccccc3)cc2)CCCCC1. The second kappa shape index (κ2) is 8.04. The van der Waals surface area contributed by atoms with Crippen molar-refractivity contribution in [2.24, 2.45) is 21.9 Å². The Hall–Kier alpha value is -2.82. The van der Waals surface area contributed by atoms with E-state index in [1.165, 1.54) is 0 Å².